The van der Waals surface area contributed by atoms with Crippen LogP contribution in [-0.2, 0) is 11.3 Å². The van der Waals surface area contributed by atoms with Gasteiger partial charge in [0.1, 0.15) is 0 Å². The largest absolute Gasteiger partial charge is 0.341 e. The van der Waals surface area contributed by atoms with E-state index in [2.05, 4.69) is 35.0 Å². The maximum Gasteiger partial charge on any atom is 0.222 e. The second-order valence-electron chi connectivity index (χ2n) is 6.24. The Labute approximate surface area is 148 Å². The molecule has 1 aromatic carbocycles. The number of rotatable bonds is 5. The molecule has 126 valence electrons. The molecule has 1 aliphatic heterocycles. The van der Waals surface area contributed by atoms with E-state index in [1.807, 2.05) is 11.9 Å². The first-order valence-electron chi connectivity index (χ1n) is 8.14. The summed E-state index contributed by atoms with van der Waals surface area (Å²) < 4.78 is 1.30. The van der Waals surface area contributed by atoms with Crippen LogP contribution in [0, 0.1) is 5.92 Å². The third-order valence-electron chi connectivity index (χ3n) is 4.62. The molecular weight excluding hydrogens is 328 g/mol. The second-order valence-corrected chi connectivity index (χ2v) is 7.15. The maximum absolute atomic E-state index is 12.4. The van der Waals surface area contributed by atoms with Crippen molar-refractivity contribution in [3.8, 4) is 0 Å². The van der Waals surface area contributed by atoms with Crippen LogP contribution in [0.4, 0.5) is 0 Å². The Balaban J connectivity index is 0.00000192. The lowest BCUT2D eigenvalue weighted by atomic mass is 9.93. The summed E-state index contributed by atoms with van der Waals surface area (Å²) >= 11 is 1.76. The lowest BCUT2D eigenvalue weighted by molar-refractivity contribution is -0.130. The Kier molecular flexibility index (Phi) is 6.88. The first-order chi connectivity index (χ1) is 10.7. The monoisotopic (exact) mass is 352 g/mol. The van der Waals surface area contributed by atoms with Crippen LogP contribution in [0.3, 0.4) is 0 Å². The van der Waals surface area contributed by atoms with Crippen molar-refractivity contribution in [2.24, 2.45) is 5.92 Å². The van der Waals surface area contributed by atoms with Crippen molar-refractivity contribution in [1.29, 1.82) is 0 Å². The Hall–Kier alpha value is -1.10. The number of carbonyl (C=O) groups is 1. The van der Waals surface area contributed by atoms with Crippen molar-refractivity contribution in [3.05, 3.63) is 35.2 Å². The third-order valence-corrected chi connectivity index (χ3v) is 5.63. The molecule has 23 heavy (non-hydrogen) atoms. The molecule has 1 aliphatic rings. The van der Waals surface area contributed by atoms with Crippen LogP contribution in [-0.4, -0.2) is 30.9 Å². The van der Waals surface area contributed by atoms with Crippen molar-refractivity contribution < 1.29 is 4.79 Å². The number of carbonyl (C=O) groups excluding carboxylic acids is 1. The average Bonchev–Trinajstić information content (AvgIpc) is 2.97. The Morgan fingerprint density at radius 2 is 2.04 bits per heavy atom. The smallest absolute Gasteiger partial charge is 0.222 e. The summed E-state index contributed by atoms with van der Waals surface area (Å²) in [6.45, 7) is 2.93. The van der Waals surface area contributed by atoms with Gasteiger partial charge in [0.15, 0.2) is 0 Å². The topological polar surface area (TPSA) is 32.3 Å². The van der Waals surface area contributed by atoms with Gasteiger partial charge in [0.2, 0.25) is 5.91 Å². The van der Waals surface area contributed by atoms with E-state index < -0.39 is 0 Å². The van der Waals surface area contributed by atoms with Crippen molar-refractivity contribution in [3.63, 3.8) is 0 Å². The molecule has 2 aromatic rings. The fourth-order valence-corrected chi connectivity index (χ4v) is 4.14. The molecule has 0 radical (unpaired) electrons. The van der Waals surface area contributed by atoms with E-state index in [0.717, 1.165) is 32.0 Å². The molecule has 3 rings (SSSR count). The van der Waals surface area contributed by atoms with E-state index in [4.69, 9.17) is 0 Å². The van der Waals surface area contributed by atoms with E-state index in [0.29, 0.717) is 6.42 Å². The van der Waals surface area contributed by atoms with Gasteiger partial charge in [-0.2, -0.15) is 0 Å². The van der Waals surface area contributed by atoms with Crippen molar-refractivity contribution in [2.75, 3.05) is 20.1 Å². The number of piperidine rings is 1. The lowest BCUT2D eigenvalue weighted by Gasteiger charge is -2.23. The molecule has 0 saturated carbocycles. The SMILES string of the molecule is CN(Cc1csc2ccccc12)C(=O)CCC1CCNCC1.Cl. The number of benzene rings is 1. The highest BCUT2D eigenvalue weighted by Crippen LogP contribution is 2.26. The van der Waals surface area contributed by atoms with Gasteiger partial charge in [-0.1, -0.05) is 18.2 Å². The van der Waals surface area contributed by atoms with Crippen LogP contribution in [0.25, 0.3) is 10.1 Å². The van der Waals surface area contributed by atoms with Crippen molar-refractivity contribution >= 4 is 39.7 Å². The standard InChI is InChI=1S/C18H24N2OS.ClH/c1-20(18(21)7-6-14-8-10-19-11-9-14)12-15-13-22-17-5-3-2-4-16(15)17;/h2-5,13-14,19H,6-12H2,1H3;1H. The predicted molar refractivity (Wildman–Crippen MR) is 100 cm³/mol. The van der Waals surface area contributed by atoms with Gasteiger partial charge in [-0.05, 0) is 60.7 Å². The fourth-order valence-electron chi connectivity index (χ4n) is 3.19. The molecule has 1 fully saturated rings. The first-order valence-corrected chi connectivity index (χ1v) is 9.02. The third kappa shape index (κ3) is 4.69. The average molecular weight is 353 g/mol. The first kappa shape index (κ1) is 18.2. The van der Waals surface area contributed by atoms with Gasteiger partial charge in [-0.3, -0.25) is 4.79 Å². The highest BCUT2D eigenvalue weighted by molar-refractivity contribution is 7.17. The summed E-state index contributed by atoms with van der Waals surface area (Å²) in [5, 5.41) is 6.84. The summed E-state index contributed by atoms with van der Waals surface area (Å²) in [6, 6.07) is 8.42. The molecule has 0 bridgehead atoms. The zero-order valence-corrected chi connectivity index (χ0v) is 15.2. The number of nitrogens with one attached hydrogen (secondary N) is 1. The van der Waals surface area contributed by atoms with E-state index in [1.165, 1.54) is 28.5 Å². The molecule has 1 saturated heterocycles. The van der Waals surface area contributed by atoms with Crippen molar-refractivity contribution in [1.82, 2.24) is 10.2 Å². The molecule has 3 nitrogen and oxygen atoms in total. The second kappa shape index (κ2) is 8.67. The maximum atomic E-state index is 12.4. The van der Waals surface area contributed by atoms with Gasteiger partial charge < -0.3 is 10.2 Å². The van der Waals surface area contributed by atoms with Crippen LogP contribution < -0.4 is 5.32 Å². The molecule has 0 unspecified atom stereocenters. The summed E-state index contributed by atoms with van der Waals surface area (Å²) in [7, 11) is 1.93. The van der Waals surface area contributed by atoms with Gasteiger partial charge >= 0.3 is 0 Å². The predicted octanol–water partition coefficient (Wildman–Crippen LogP) is 4.06. The van der Waals surface area contributed by atoms with Gasteiger partial charge in [0.25, 0.3) is 0 Å². The van der Waals surface area contributed by atoms with Crippen LogP contribution >= 0.6 is 23.7 Å². The van der Waals surface area contributed by atoms with Gasteiger partial charge in [-0.15, -0.1) is 23.7 Å². The van der Waals surface area contributed by atoms with E-state index in [9.17, 15) is 4.79 Å². The number of nitrogens with zero attached hydrogens (tertiary/aromatic N) is 1. The quantitative estimate of drug-likeness (QED) is 0.880. The summed E-state index contributed by atoms with van der Waals surface area (Å²) in [4.78, 5) is 14.2. The van der Waals surface area contributed by atoms with Crippen LogP contribution in [0.1, 0.15) is 31.2 Å². The minimum absolute atomic E-state index is 0. The Morgan fingerprint density at radius 1 is 1.30 bits per heavy atom. The molecule has 0 aliphatic carbocycles. The van der Waals surface area contributed by atoms with Gasteiger partial charge in [0, 0.05) is 24.7 Å². The number of thiophene rings is 1. The number of hydrogen-bond acceptors (Lipinski definition) is 3. The summed E-state index contributed by atoms with van der Waals surface area (Å²) in [6.07, 6.45) is 4.15. The van der Waals surface area contributed by atoms with E-state index in [-0.39, 0.29) is 18.3 Å². The Bertz CT molecular complexity index is 637. The molecule has 5 heteroatoms. The molecule has 1 aromatic heterocycles. The van der Waals surface area contributed by atoms with Crippen molar-refractivity contribution in [2.45, 2.75) is 32.2 Å². The molecule has 1 N–H and O–H groups in total. The highest BCUT2D eigenvalue weighted by Gasteiger charge is 2.17. The molecule has 1 amide bonds. The summed E-state index contributed by atoms with van der Waals surface area (Å²) in [5.41, 5.74) is 1.26. The molecule has 2 heterocycles. The minimum atomic E-state index is 0. The number of amides is 1. The normalized spacial score (nSPS) is 15.3. The molecule has 0 atom stereocenters. The minimum Gasteiger partial charge on any atom is -0.341 e. The summed E-state index contributed by atoms with van der Waals surface area (Å²) in [5.74, 6) is 0.995. The molecular formula is C18H25ClN2OS. The highest BCUT2D eigenvalue weighted by atomic mass is 35.5. The number of hydrogen-bond donors (Lipinski definition) is 1. The van der Waals surface area contributed by atoms with E-state index in [1.54, 1.807) is 11.3 Å². The molecule has 0 spiro atoms. The lowest BCUT2D eigenvalue weighted by Crippen LogP contribution is -2.30. The zero-order chi connectivity index (χ0) is 15.4. The van der Waals surface area contributed by atoms with Crippen LogP contribution in [0.5, 0.6) is 0 Å². The van der Waals surface area contributed by atoms with Crippen LogP contribution in [0.2, 0.25) is 0 Å². The number of halogens is 1. The van der Waals surface area contributed by atoms with E-state index >= 15 is 0 Å². The van der Waals surface area contributed by atoms with Crippen LogP contribution in [0.15, 0.2) is 29.6 Å². The zero-order valence-electron chi connectivity index (χ0n) is 13.6. The Morgan fingerprint density at radius 3 is 2.83 bits per heavy atom. The van der Waals surface area contributed by atoms with Gasteiger partial charge in [0.05, 0.1) is 0 Å². The number of fused-ring (bicyclic) bond motifs is 1. The fraction of sp³-hybridized carbons (Fsp3) is 0.500. The van der Waals surface area contributed by atoms with Gasteiger partial charge in [-0.25, -0.2) is 0 Å².